The first kappa shape index (κ1) is 24.4. The average molecular weight is 477 g/mol. The van der Waals surface area contributed by atoms with Crippen molar-refractivity contribution in [3.63, 3.8) is 0 Å². The Hall–Kier alpha value is -0.290. The predicted octanol–water partition coefficient (Wildman–Crippen LogP) is 5.18. The maximum Gasteiger partial charge on any atom is 0.139 e. The maximum atomic E-state index is 11.4. The van der Waals surface area contributed by atoms with Crippen LogP contribution < -0.4 is 4.74 Å². The Balaban J connectivity index is 0.000000589. The molecule has 4 rings (SSSR count). The van der Waals surface area contributed by atoms with Crippen LogP contribution in [-0.4, -0.2) is 57.8 Å². The van der Waals surface area contributed by atoms with Crippen molar-refractivity contribution in [1.29, 1.82) is 0 Å². The number of halogens is 2. The van der Waals surface area contributed by atoms with E-state index >= 15 is 0 Å². The third-order valence-electron chi connectivity index (χ3n) is 6.36. The third-order valence-corrected chi connectivity index (χ3v) is 8.54. The van der Waals surface area contributed by atoms with E-state index in [0.29, 0.717) is 17.9 Å². The number of hydrogen-bond acceptors (Lipinski definition) is 4. The number of nitrogens with zero attached hydrogens (tertiary/aromatic N) is 2. The van der Waals surface area contributed by atoms with Crippen LogP contribution in [0.2, 0.25) is 5.02 Å². The van der Waals surface area contributed by atoms with Crippen molar-refractivity contribution in [3.05, 3.63) is 23.0 Å². The highest BCUT2D eigenvalue weighted by Gasteiger charge is 2.44. The molecular weight excluding hydrogens is 442 g/mol. The predicted molar refractivity (Wildman–Crippen MR) is 127 cm³/mol. The second kappa shape index (κ2) is 11.5. The molecule has 30 heavy (non-hydrogen) atoms. The summed E-state index contributed by atoms with van der Waals surface area (Å²) in [6.07, 6.45) is 10.5. The van der Waals surface area contributed by atoms with Crippen molar-refractivity contribution < 1.29 is 13.3 Å². The van der Waals surface area contributed by atoms with Gasteiger partial charge in [-0.3, -0.25) is 14.1 Å². The molecule has 1 aliphatic carbocycles. The first-order valence-corrected chi connectivity index (χ1v) is 13.7. The minimum absolute atomic E-state index is 0.397. The molecule has 1 aromatic heterocycles. The van der Waals surface area contributed by atoms with E-state index in [1.54, 1.807) is 0 Å². The molecule has 2 unspecified atom stereocenters. The molecule has 3 fully saturated rings. The van der Waals surface area contributed by atoms with Gasteiger partial charge in [0.25, 0.3) is 0 Å². The van der Waals surface area contributed by atoms with Crippen LogP contribution in [0.1, 0.15) is 63.5 Å². The van der Waals surface area contributed by atoms with Crippen LogP contribution in [0.4, 0.5) is 4.39 Å². The summed E-state index contributed by atoms with van der Waals surface area (Å²) < 4.78 is 28.3. The monoisotopic (exact) mass is 476 g/mol. The molecule has 1 spiro atoms. The van der Waals surface area contributed by atoms with E-state index in [4.69, 9.17) is 16.3 Å². The fourth-order valence-corrected chi connectivity index (χ4v) is 6.83. The average Bonchev–Trinajstić information content (AvgIpc) is 2.69. The highest BCUT2D eigenvalue weighted by Crippen LogP contribution is 2.40. The van der Waals surface area contributed by atoms with Gasteiger partial charge in [-0.15, -0.1) is 9.24 Å². The number of alkyl halides is 1. The van der Waals surface area contributed by atoms with Gasteiger partial charge in [-0.2, -0.15) is 0 Å². The Morgan fingerprint density at radius 2 is 1.97 bits per heavy atom. The lowest BCUT2D eigenvalue weighted by Crippen LogP contribution is -2.52. The van der Waals surface area contributed by atoms with Crippen LogP contribution in [0.15, 0.2) is 12.3 Å². The van der Waals surface area contributed by atoms with Crippen molar-refractivity contribution in [3.8, 4) is 5.75 Å². The highest BCUT2D eigenvalue weighted by atomic mass is 35.5. The molecule has 2 saturated heterocycles. The van der Waals surface area contributed by atoms with Gasteiger partial charge >= 0.3 is 0 Å². The van der Waals surface area contributed by atoms with E-state index in [0.717, 1.165) is 47.6 Å². The lowest BCUT2D eigenvalue weighted by molar-refractivity contribution is 0.113. The zero-order valence-electron chi connectivity index (χ0n) is 18.0. The summed E-state index contributed by atoms with van der Waals surface area (Å²) in [5, 5.41) is 0.757. The summed E-state index contributed by atoms with van der Waals surface area (Å²) in [6.45, 7) is 5.26. The molecule has 0 bridgehead atoms. The summed E-state index contributed by atoms with van der Waals surface area (Å²) in [4.78, 5) is 7.07. The first-order chi connectivity index (χ1) is 14.4. The zero-order valence-corrected chi connectivity index (χ0v) is 20.7. The number of rotatable bonds is 5. The Morgan fingerprint density at radius 3 is 2.53 bits per heavy atom. The Bertz CT molecular complexity index is 698. The van der Waals surface area contributed by atoms with E-state index in [-0.39, 0.29) is 0 Å². The second-order valence-electron chi connectivity index (χ2n) is 8.97. The normalized spacial score (nSPS) is 23.3. The molecule has 3 aliphatic rings. The van der Waals surface area contributed by atoms with Crippen molar-refractivity contribution in [2.75, 3.05) is 37.7 Å². The summed E-state index contributed by atoms with van der Waals surface area (Å²) in [6, 6.07) is 1.94. The molecule has 4 nitrogen and oxygen atoms in total. The molecule has 3 heterocycles. The Kier molecular flexibility index (Phi) is 9.37. The van der Waals surface area contributed by atoms with Gasteiger partial charge in [-0.1, -0.05) is 30.9 Å². The fraction of sp³-hybridized carbons (Fsp3) is 0.773. The maximum absolute atomic E-state index is 11.4. The molecule has 1 aromatic rings. The van der Waals surface area contributed by atoms with Crippen LogP contribution in [0.25, 0.3) is 0 Å². The standard InChI is InChI=1S/C20H29ClN2O2S.C2H6FP/c21-18-12-17(13-22-19(18)16-4-2-1-3-5-16)25-11-10-23-8-6-20(7-9-23)14-26(24)15-20;1-2(3)4/h12-13,16H,1-11,14-15H2;2H,4H2,1H3. The molecule has 0 N–H and O–H groups in total. The first-order valence-electron chi connectivity index (χ1n) is 11.1. The van der Waals surface area contributed by atoms with Gasteiger partial charge in [0.2, 0.25) is 0 Å². The van der Waals surface area contributed by atoms with E-state index in [1.165, 1.54) is 51.9 Å². The number of ether oxygens (including phenoxy) is 1. The van der Waals surface area contributed by atoms with Crippen molar-refractivity contribution in [2.24, 2.45) is 5.41 Å². The van der Waals surface area contributed by atoms with Gasteiger partial charge in [0, 0.05) is 40.8 Å². The Labute approximate surface area is 190 Å². The second-order valence-corrected chi connectivity index (χ2v) is 11.8. The van der Waals surface area contributed by atoms with Crippen LogP contribution in [0.5, 0.6) is 5.75 Å². The van der Waals surface area contributed by atoms with E-state index in [1.807, 2.05) is 21.5 Å². The van der Waals surface area contributed by atoms with Crippen LogP contribution in [-0.2, 0) is 10.8 Å². The van der Waals surface area contributed by atoms with Gasteiger partial charge in [0.15, 0.2) is 0 Å². The van der Waals surface area contributed by atoms with Crippen molar-refractivity contribution in [2.45, 2.75) is 63.7 Å². The molecule has 0 aromatic carbocycles. The molecule has 0 amide bonds. The molecule has 2 atom stereocenters. The number of aromatic nitrogens is 1. The lowest BCUT2D eigenvalue weighted by Gasteiger charge is -2.46. The molecule has 170 valence electrons. The molecular formula is C22H35ClFN2O2PS. The van der Waals surface area contributed by atoms with Crippen LogP contribution >= 0.6 is 20.8 Å². The smallest absolute Gasteiger partial charge is 0.139 e. The third kappa shape index (κ3) is 7.12. The Morgan fingerprint density at radius 1 is 1.33 bits per heavy atom. The quantitative estimate of drug-likeness (QED) is 0.549. The molecule has 2 aliphatic heterocycles. The topological polar surface area (TPSA) is 42.4 Å². The van der Waals surface area contributed by atoms with Gasteiger partial charge in [0.1, 0.15) is 18.3 Å². The minimum atomic E-state index is -0.750. The van der Waals surface area contributed by atoms with Gasteiger partial charge in [-0.05, 0) is 51.1 Å². The van der Waals surface area contributed by atoms with Crippen LogP contribution in [0, 0.1) is 5.41 Å². The summed E-state index contributed by atoms with van der Waals surface area (Å²) in [5.74, 6) is 2.40. The van der Waals surface area contributed by atoms with Crippen molar-refractivity contribution in [1.82, 2.24) is 9.88 Å². The number of hydrogen-bond donors (Lipinski definition) is 0. The molecule has 1 saturated carbocycles. The largest absolute Gasteiger partial charge is 0.491 e. The highest BCUT2D eigenvalue weighted by molar-refractivity contribution is 7.86. The van der Waals surface area contributed by atoms with E-state index in [2.05, 4.69) is 9.88 Å². The summed E-state index contributed by atoms with van der Waals surface area (Å²) >= 11 is 6.48. The van der Waals surface area contributed by atoms with E-state index in [9.17, 15) is 8.60 Å². The van der Waals surface area contributed by atoms with Crippen molar-refractivity contribution >= 4 is 31.6 Å². The SMILES string of the molecule is CC(F)P.O=S1CC2(CCN(CCOc3cnc(C4CCCCC4)c(Cl)c3)CC2)C1. The summed E-state index contributed by atoms with van der Waals surface area (Å²) in [7, 11) is 1.45. The number of likely N-dealkylation sites (tertiary alicyclic amines) is 1. The van der Waals surface area contributed by atoms with Gasteiger partial charge in [-0.25, -0.2) is 4.39 Å². The van der Waals surface area contributed by atoms with Crippen LogP contribution in [0.3, 0.4) is 0 Å². The fourth-order valence-electron chi connectivity index (χ4n) is 4.66. The summed E-state index contributed by atoms with van der Waals surface area (Å²) in [5.41, 5.74) is 1.45. The molecule has 0 radical (unpaired) electrons. The van der Waals surface area contributed by atoms with E-state index < -0.39 is 16.7 Å². The molecule has 8 heteroatoms. The van der Waals surface area contributed by atoms with Gasteiger partial charge in [0.05, 0.1) is 16.9 Å². The number of piperidine rings is 1. The lowest BCUT2D eigenvalue weighted by atomic mass is 9.81. The zero-order chi connectivity index (χ0) is 21.6. The van der Waals surface area contributed by atoms with Gasteiger partial charge < -0.3 is 4.74 Å². The minimum Gasteiger partial charge on any atom is -0.491 e. The number of pyridine rings is 1.